The molecule has 0 aromatic carbocycles. The number of hydrogen-bond donors (Lipinski definition) is 2. The summed E-state index contributed by atoms with van der Waals surface area (Å²) in [6.07, 6.45) is 1.14. The van der Waals surface area contributed by atoms with Crippen LogP contribution in [0.25, 0.3) is 0 Å². The Morgan fingerprint density at radius 2 is 2.20 bits per heavy atom. The Bertz CT molecular complexity index is 101. The smallest absolute Gasteiger partial charge is 0.00938 e. The van der Waals surface area contributed by atoms with Crippen LogP contribution in [0.2, 0.25) is 0 Å². The fourth-order valence-electron chi connectivity index (χ4n) is 1.63. The summed E-state index contributed by atoms with van der Waals surface area (Å²) in [6.45, 7) is 6.71. The van der Waals surface area contributed by atoms with Gasteiger partial charge in [0.25, 0.3) is 0 Å². The van der Waals surface area contributed by atoms with E-state index in [-0.39, 0.29) is 0 Å². The monoisotopic (exact) mass is 142 g/mol. The molecular weight excluding hydrogens is 124 g/mol. The number of nitrogens with two attached hydrogens (primary N) is 1. The van der Waals surface area contributed by atoms with E-state index in [9.17, 15) is 0 Å². The highest BCUT2D eigenvalue weighted by Gasteiger charge is 2.23. The molecular formula is C8H18N2. The topological polar surface area (TPSA) is 38.0 Å². The van der Waals surface area contributed by atoms with Crippen LogP contribution < -0.4 is 11.1 Å². The van der Waals surface area contributed by atoms with E-state index in [1.807, 2.05) is 0 Å². The molecule has 1 rings (SSSR count). The molecule has 0 amide bonds. The van der Waals surface area contributed by atoms with Gasteiger partial charge in [-0.2, -0.15) is 0 Å². The van der Waals surface area contributed by atoms with E-state index in [0.29, 0.717) is 12.0 Å². The Balaban J connectivity index is 2.40. The second-order valence-corrected chi connectivity index (χ2v) is 3.56. The summed E-state index contributed by atoms with van der Waals surface area (Å²) in [5.74, 6) is 1.41. The van der Waals surface area contributed by atoms with Crippen LogP contribution >= 0.6 is 0 Å². The summed E-state index contributed by atoms with van der Waals surface area (Å²) in [4.78, 5) is 0. The van der Waals surface area contributed by atoms with Crippen LogP contribution in [-0.4, -0.2) is 19.1 Å². The molecule has 1 fully saturated rings. The number of piperidine rings is 1. The van der Waals surface area contributed by atoms with Crippen LogP contribution in [0.4, 0.5) is 0 Å². The molecule has 1 saturated heterocycles. The van der Waals surface area contributed by atoms with Gasteiger partial charge in [-0.25, -0.2) is 0 Å². The molecule has 2 heteroatoms. The third kappa shape index (κ3) is 1.70. The highest BCUT2D eigenvalue weighted by molar-refractivity contribution is 4.82. The molecule has 2 unspecified atom stereocenters. The van der Waals surface area contributed by atoms with Crippen molar-refractivity contribution >= 4 is 0 Å². The zero-order valence-corrected chi connectivity index (χ0v) is 6.93. The van der Waals surface area contributed by atoms with Crippen molar-refractivity contribution in [2.24, 2.45) is 17.6 Å². The minimum atomic E-state index is 0.432. The van der Waals surface area contributed by atoms with Gasteiger partial charge in [-0.15, -0.1) is 0 Å². The zero-order valence-electron chi connectivity index (χ0n) is 6.93. The van der Waals surface area contributed by atoms with Crippen molar-refractivity contribution in [2.75, 3.05) is 13.1 Å². The third-order valence-electron chi connectivity index (χ3n) is 2.44. The molecule has 1 heterocycles. The molecule has 0 aromatic rings. The molecule has 3 N–H and O–H groups in total. The van der Waals surface area contributed by atoms with Crippen molar-refractivity contribution in [3.63, 3.8) is 0 Å². The highest BCUT2D eigenvalue weighted by Crippen LogP contribution is 2.17. The van der Waals surface area contributed by atoms with E-state index in [2.05, 4.69) is 19.2 Å². The lowest BCUT2D eigenvalue weighted by molar-refractivity contribution is 0.257. The standard InChI is InChI=1S/C8H18N2/c1-6(2)7-5-10-4-3-8(7)9/h6-8,10H,3-5,9H2,1-2H3. The molecule has 0 radical (unpaired) electrons. The quantitative estimate of drug-likeness (QED) is 0.562. The van der Waals surface area contributed by atoms with Gasteiger partial charge in [0.2, 0.25) is 0 Å². The molecule has 0 aliphatic carbocycles. The average molecular weight is 142 g/mol. The number of hydrogen-bond acceptors (Lipinski definition) is 2. The van der Waals surface area contributed by atoms with E-state index in [1.165, 1.54) is 0 Å². The largest absolute Gasteiger partial charge is 0.327 e. The lowest BCUT2D eigenvalue weighted by Gasteiger charge is -2.32. The first-order chi connectivity index (χ1) is 4.72. The normalized spacial score (nSPS) is 34.8. The van der Waals surface area contributed by atoms with Gasteiger partial charge in [0.15, 0.2) is 0 Å². The first-order valence-corrected chi connectivity index (χ1v) is 4.18. The van der Waals surface area contributed by atoms with E-state index in [1.54, 1.807) is 0 Å². The molecule has 0 bridgehead atoms. The molecule has 2 nitrogen and oxygen atoms in total. The molecule has 1 aliphatic rings. The Morgan fingerprint density at radius 3 is 2.60 bits per heavy atom. The second kappa shape index (κ2) is 3.35. The van der Waals surface area contributed by atoms with Crippen molar-refractivity contribution in [3.8, 4) is 0 Å². The third-order valence-corrected chi connectivity index (χ3v) is 2.44. The van der Waals surface area contributed by atoms with Crippen LogP contribution in [0, 0.1) is 11.8 Å². The van der Waals surface area contributed by atoms with Gasteiger partial charge in [-0.05, 0) is 31.3 Å². The first kappa shape index (κ1) is 8.02. The Hall–Kier alpha value is -0.0800. The predicted molar refractivity (Wildman–Crippen MR) is 43.8 cm³/mol. The van der Waals surface area contributed by atoms with E-state index >= 15 is 0 Å². The van der Waals surface area contributed by atoms with Crippen LogP contribution in [0.3, 0.4) is 0 Å². The Kier molecular flexibility index (Phi) is 2.69. The van der Waals surface area contributed by atoms with Gasteiger partial charge < -0.3 is 11.1 Å². The van der Waals surface area contributed by atoms with Crippen LogP contribution in [-0.2, 0) is 0 Å². The molecule has 0 saturated carbocycles. The lowest BCUT2D eigenvalue weighted by atomic mass is 9.85. The van der Waals surface area contributed by atoms with Crippen molar-refractivity contribution in [1.29, 1.82) is 0 Å². The maximum Gasteiger partial charge on any atom is 0.00938 e. The first-order valence-electron chi connectivity index (χ1n) is 4.18. The van der Waals surface area contributed by atoms with Gasteiger partial charge in [0.1, 0.15) is 0 Å². The summed E-state index contributed by atoms with van der Waals surface area (Å²) in [6, 6.07) is 0.432. The van der Waals surface area contributed by atoms with Gasteiger partial charge in [-0.1, -0.05) is 13.8 Å². The fraction of sp³-hybridized carbons (Fsp3) is 1.00. The maximum absolute atomic E-state index is 5.94. The zero-order chi connectivity index (χ0) is 7.56. The van der Waals surface area contributed by atoms with E-state index in [4.69, 9.17) is 5.73 Å². The van der Waals surface area contributed by atoms with E-state index < -0.39 is 0 Å². The Morgan fingerprint density at radius 1 is 1.50 bits per heavy atom. The highest BCUT2D eigenvalue weighted by atomic mass is 14.9. The minimum Gasteiger partial charge on any atom is -0.327 e. The summed E-state index contributed by atoms with van der Waals surface area (Å²) < 4.78 is 0. The predicted octanol–water partition coefficient (Wildman–Crippen LogP) is 0.579. The van der Waals surface area contributed by atoms with Crippen molar-refractivity contribution in [2.45, 2.75) is 26.3 Å². The summed E-state index contributed by atoms with van der Waals surface area (Å²) in [7, 11) is 0. The van der Waals surface area contributed by atoms with Crippen LogP contribution in [0.5, 0.6) is 0 Å². The van der Waals surface area contributed by atoms with E-state index in [0.717, 1.165) is 25.4 Å². The van der Waals surface area contributed by atoms with Crippen LogP contribution in [0.1, 0.15) is 20.3 Å². The van der Waals surface area contributed by atoms with Gasteiger partial charge in [0, 0.05) is 6.04 Å². The fourth-order valence-corrected chi connectivity index (χ4v) is 1.63. The van der Waals surface area contributed by atoms with Crippen molar-refractivity contribution in [1.82, 2.24) is 5.32 Å². The van der Waals surface area contributed by atoms with Gasteiger partial charge >= 0.3 is 0 Å². The molecule has 0 spiro atoms. The minimum absolute atomic E-state index is 0.432. The summed E-state index contributed by atoms with van der Waals surface area (Å²) in [5.41, 5.74) is 5.94. The summed E-state index contributed by atoms with van der Waals surface area (Å²) >= 11 is 0. The summed E-state index contributed by atoms with van der Waals surface area (Å²) in [5, 5.41) is 3.37. The molecule has 10 heavy (non-hydrogen) atoms. The average Bonchev–Trinajstić information content (AvgIpc) is 1.88. The van der Waals surface area contributed by atoms with Gasteiger partial charge in [-0.3, -0.25) is 0 Å². The maximum atomic E-state index is 5.94. The van der Waals surface area contributed by atoms with Crippen molar-refractivity contribution in [3.05, 3.63) is 0 Å². The SMILES string of the molecule is CC(C)C1CNCCC1N. The Labute approximate surface area is 63.2 Å². The molecule has 0 aromatic heterocycles. The molecule has 2 atom stereocenters. The lowest BCUT2D eigenvalue weighted by Crippen LogP contribution is -2.46. The molecule has 1 aliphatic heterocycles. The second-order valence-electron chi connectivity index (χ2n) is 3.56. The molecule has 60 valence electrons. The van der Waals surface area contributed by atoms with Crippen molar-refractivity contribution < 1.29 is 0 Å². The number of nitrogens with one attached hydrogen (secondary N) is 1. The number of rotatable bonds is 1. The van der Waals surface area contributed by atoms with Gasteiger partial charge in [0.05, 0.1) is 0 Å². The van der Waals surface area contributed by atoms with Crippen LogP contribution in [0.15, 0.2) is 0 Å².